The molecule has 2 aliphatic heterocycles. The first-order valence-electron chi connectivity index (χ1n) is 8.91. The van der Waals surface area contributed by atoms with Crippen LogP contribution in [0.25, 0.3) is 0 Å². The van der Waals surface area contributed by atoms with Crippen LogP contribution in [0.3, 0.4) is 0 Å². The highest BCUT2D eigenvalue weighted by Gasteiger charge is 2.52. The molecule has 28 heavy (non-hydrogen) atoms. The fourth-order valence-electron chi connectivity index (χ4n) is 3.42. The van der Waals surface area contributed by atoms with Gasteiger partial charge in [-0.1, -0.05) is 60.7 Å². The molecule has 0 spiro atoms. The molecule has 2 aliphatic rings. The third-order valence-corrected chi connectivity index (χ3v) is 6.23. The van der Waals surface area contributed by atoms with Gasteiger partial charge in [0.15, 0.2) is 6.10 Å². The monoisotopic (exact) mass is 398 g/mol. The van der Waals surface area contributed by atoms with Crippen LogP contribution in [0.1, 0.15) is 17.2 Å². The number of ether oxygens (including phenoxy) is 1. The van der Waals surface area contributed by atoms with Crippen molar-refractivity contribution in [1.29, 1.82) is 0 Å². The Kier molecular flexibility index (Phi) is 5.19. The van der Waals surface area contributed by atoms with Crippen molar-refractivity contribution in [1.82, 2.24) is 4.90 Å². The summed E-state index contributed by atoms with van der Waals surface area (Å²) < 4.78 is 19.4. The first-order chi connectivity index (χ1) is 13.6. The summed E-state index contributed by atoms with van der Waals surface area (Å²) in [6.45, 7) is -0.815. The second-order valence-corrected chi connectivity index (χ2v) is 7.73. The summed E-state index contributed by atoms with van der Waals surface area (Å²) in [6.07, 6.45) is -0.665. The van der Waals surface area contributed by atoms with Gasteiger partial charge in [-0.05, 0) is 11.1 Å². The number of hydrogen-bond acceptors (Lipinski definition) is 5. The van der Waals surface area contributed by atoms with E-state index in [0.29, 0.717) is 5.75 Å². The molecule has 0 bridgehead atoms. The van der Waals surface area contributed by atoms with Crippen molar-refractivity contribution in [3.05, 3.63) is 83.1 Å². The van der Waals surface area contributed by atoms with Gasteiger partial charge in [0.25, 0.3) is 0 Å². The predicted molar refractivity (Wildman–Crippen MR) is 105 cm³/mol. The molecule has 5 nitrogen and oxygen atoms in total. The normalized spacial score (nSPS) is 21.4. The Bertz CT molecular complexity index is 880. The lowest BCUT2D eigenvalue weighted by Gasteiger charge is -2.48. The number of alkyl halides is 1. The van der Waals surface area contributed by atoms with Crippen LogP contribution >= 0.6 is 11.8 Å². The Hall–Kier alpha value is -2.64. The standard InChI is InChI=1S/C21H19FN2O3S/c22-11-15-12-28-20-16(23)19(25)24(20)17(15)21(26)27-18(13-7-3-1-4-8-13)14-9-5-2-6-10-14/h1-10,16,18,20H,11-12,23H2/t16?,20-/m0/s1. The van der Waals surface area contributed by atoms with Crippen molar-refractivity contribution >= 4 is 23.6 Å². The van der Waals surface area contributed by atoms with Crippen LogP contribution in [-0.4, -0.2) is 40.6 Å². The summed E-state index contributed by atoms with van der Waals surface area (Å²) in [6, 6.07) is 18.0. The Morgan fingerprint density at radius 1 is 1.14 bits per heavy atom. The molecule has 7 heteroatoms. The number of nitrogens with two attached hydrogens (primary N) is 1. The second-order valence-electron chi connectivity index (χ2n) is 6.63. The van der Waals surface area contributed by atoms with E-state index in [-0.39, 0.29) is 22.6 Å². The van der Waals surface area contributed by atoms with Gasteiger partial charge in [-0.25, -0.2) is 9.18 Å². The molecule has 2 aromatic rings. The number of benzene rings is 2. The Morgan fingerprint density at radius 3 is 2.25 bits per heavy atom. The number of rotatable bonds is 5. The molecule has 2 N–H and O–H groups in total. The van der Waals surface area contributed by atoms with E-state index in [2.05, 4.69) is 0 Å². The Labute approximate surface area is 166 Å². The maximum absolute atomic E-state index is 13.6. The van der Waals surface area contributed by atoms with Crippen LogP contribution in [0.4, 0.5) is 4.39 Å². The van der Waals surface area contributed by atoms with Gasteiger partial charge in [0.05, 0.1) is 0 Å². The Balaban J connectivity index is 1.68. The number of thioether (sulfide) groups is 1. The van der Waals surface area contributed by atoms with Gasteiger partial charge in [-0.2, -0.15) is 0 Å². The van der Waals surface area contributed by atoms with Crippen LogP contribution in [-0.2, 0) is 14.3 Å². The lowest BCUT2D eigenvalue weighted by Crippen LogP contribution is -2.68. The topological polar surface area (TPSA) is 72.6 Å². The molecule has 1 unspecified atom stereocenters. The number of halogens is 1. The molecular formula is C21H19FN2O3S. The predicted octanol–water partition coefficient (Wildman–Crippen LogP) is 2.79. The quantitative estimate of drug-likeness (QED) is 0.619. The summed E-state index contributed by atoms with van der Waals surface area (Å²) >= 11 is 1.36. The van der Waals surface area contributed by atoms with E-state index in [4.69, 9.17) is 10.5 Å². The molecule has 2 atom stereocenters. The average molecular weight is 398 g/mol. The van der Waals surface area contributed by atoms with Gasteiger partial charge >= 0.3 is 5.97 Å². The number of nitrogens with zero attached hydrogens (tertiary/aromatic N) is 1. The zero-order valence-corrected chi connectivity index (χ0v) is 15.8. The zero-order chi connectivity index (χ0) is 19.7. The molecule has 0 saturated carbocycles. The summed E-state index contributed by atoms with van der Waals surface area (Å²) in [5, 5.41) is -0.350. The third-order valence-electron chi connectivity index (χ3n) is 4.87. The second kappa shape index (κ2) is 7.77. The molecule has 1 amide bonds. The molecular weight excluding hydrogens is 379 g/mol. The number of β-lactam (4-membered cyclic amide) rings is 1. The van der Waals surface area contributed by atoms with E-state index < -0.39 is 24.8 Å². The number of amides is 1. The van der Waals surface area contributed by atoms with Crippen molar-refractivity contribution in [2.45, 2.75) is 17.5 Å². The fraction of sp³-hybridized carbons (Fsp3) is 0.238. The number of esters is 1. The molecule has 0 aromatic heterocycles. The molecule has 2 heterocycles. The van der Waals surface area contributed by atoms with E-state index in [1.807, 2.05) is 60.7 Å². The minimum atomic E-state index is -0.815. The molecule has 2 aromatic carbocycles. The van der Waals surface area contributed by atoms with E-state index in [0.717, 1.165) is 11.1 Å². The van der Waals surface area contributed by atoms with E-state index >= 15 is 0 Å². The van der Waals surface area contributed by atoms with Crippen LogP contribution in [0, 0.1) is 0 Å². The van der Waals surface area contributed by atoms with E-state index in [1.165, 1.54) is 16.7 Å². The highest BCUT2D eigenvalue weighted by atomic mass is 32.2. The van der Waals surface area contributed by atoms with Crippen molar-refractivity contribution in [3.8, 4) is 0 Å². The summed E-state index contributed by atoms with van der Waals surface area (Å²) in [5.41, 5.74) is 7.66. The van der Waals surface area contributed by atoms with Crippen LogP contribution < -0.4 is 5.73 Å². The molecule has 1 fully saturated rings. The van der Waals surface area contributed by atoms with Gasteiger partial charge in [0, 0.05) is 11.3 Å². The van der Waals surface area contributed by atoms with Gasteiger partial charge in [-0.15, -0.1) is 11.8 Å². The van der Waals surface area contributed by atoms with Gasteiger partial charge in [-0.3, -0.25) is 9.69 Å². The number of fused-ring (bicyclic) bond motifs is 1. The molecule has 0 aliphatic carbocycles. The highest BCUT2D eigenvalue weighted by molar-refractivity contribution is 8.00. The van der Waals surface area contributed by atoms with Crippen molar-refractivity contribution < 1.29 is 18.7 Å². The number of carbonyl (C=O) groups excluding carboxylic acids is 2. The number of hydrogen-bond donors (Lipinski definition) is 1. The highest BCUT2D eigenvalue weighted by Crippen LogP contribution is 2.40. The number of carbonyl (C=O) groups is 2. The summed E-state index contributed by atoms with van der Waals surface area (Å²) in [7, 11) is 0. The van der Waals surface area contributed by atoms with Crippen LogP contribution in [0.2, 0.25) is 0 Å². The average Bonchev–Trinajstić information content (AvgIpc) is 2.76. The maximum atomic E-state index is 13.6. The Morgan fingerprint density at radius 2 is 1.71 bits per heavy atom. The van der Waals surface area contributed by atoms with Gasteiger partial charge in [0.1, 0.15) is 23.8 Å². The third kappa shape index (κ3) is 3.21. The van der Waals surface area contributed by atoms with Gasteiger partial charge in [0.2, 0.25) is 5.91 Å². The molecule has 0 radical (unpaired) electrons. The van der Waals surface area contributed by atoms with Crippen molar-refractivity contribution in [3.63, 3.8) is 0 Å². The van der Waals surface area contributed by atoms with Crippen molar-refractivity contribution in [2.24, 2.45) is 5.73 Å². The van der Waals surface area contributed by atoms with Crippen molar-refractivity contribution in [2.75, 3.05) is 12.4 Å². The lowest BCUT2D eigenvalue weighted by atomic mass is 10.0. The summed E-state index contributed by atoms with van der Waals surface area (Å²) in [5.74, 6) is -0.785. The molecule has 144 valence electrons. The molecule has 1 saturated heterocycles. The minimum Gasteiger partial charge on any atom is -0.448 e. The maximum Gasteiger partial charge on any atom is 0.356 e. The zero-order valence-electron chi connectivity index (χ0n) is 15.0. The first-order valence-corrected chi connectivity index (χ1v) is 9.96. The fourth-order valence-corrected chi connectivity index (χ4v) is 4.69. The lowest BCUT2D eigenvalue weighted by molar-refractivity contribution is -0.153. The van der Waals surface area contributed by atoms with Gasteiger partial charge < -0.3 is 10.5 Å². The first kappa shape index (κ1) is 18.7. The van der Waals surface area contributed by atoms with E-state index in [1.54, 1.807) is 0 Å². The largest absolute Gasteiger partial charge is 0.448 e. The smallest absolute Gasteiger partial charge is 0.356 e. The van der Waals surface area contributed by atoms with E-state index in [9.17, 15) is 14.0 Å². The summed E-state index contributed by atoms with van der Waals surface area (Å²) in [4.78, 5) is 26.6. The van der Waals surface area contributed by atoms with Crippen LogP contribution in [0.15, 0.2) is 71.9 Å². The SMILES string of the molecule is NC1C(=O)N2C(C(=O)OC(c3ccccc3)c3ccccc3)=C(CF)CS[C@@H]12. The van der Waals surface area contributed by atoms with Crippen LogP contribution in [0.5, 0.6) is 0 Å². The molecule has 4 rings (SSSR count). The minimum absolute atomic E-state index is 0.00480.